The van der Waals surface area contributed by atoms with Crippen LogP contribution in [-0.4, -0.2) is 104 Å². The number of carbonyl (C=O) groups excluding carboxylic acids is 4. The highest BCUT2D eigenvalue weighted by molar-refractivity contribution is 5.94. The lowest BCUT2D eigenvalue weighted by Gasteiger charge is -2.41. The van der Waals surface area contributed by atoms with Crippen molar-refractivity contribution in [1.82, 2.24) is 29.4 Å². The van der Waals surface area contributed by atoms with Gasteiger partial charge in [0.2, 0.25) is 0 Å². The van der Waals surface area contributed by atoms with Gasteiger partial charge in [-0.3, -0.25) is 33.5 Å². The summed E-state index contributed by atoms with van der Waals surface area (Å²) in [7, 11) is 0. The summed E-state index contributed by atoms with van der Waals surface area (Å²) in [4.78, 5) is 48.4. The Morgan fingerprint density at radius 2 is 1.21 bits per heavy atom. The lowest BCUT2D eigenvalue weighted by Crippen LogP contribution is -2.46. The number of piperidine rings is 2. The molecule has 2 saturated heterocycles. The van der Waals surface area contributed by atoms with Crippen LogP contribution in [0.15, 0.2) is 12.4 Å². The lowest BCUT2D eigenvalue weighted by atomic mass is 9.98. The number of likely N-dealkylation sites (tertiary alicyclic amines) is 2. The largest absolute Gasteiger partial charge is 0.466 e. The van der Waals surface area contributed by atoms with E-state index >= 15 is 0 Å². The van der Waals surface area contributed by atoms with Crippen LogP contribution in [-0.2, 0) is 19.1 Å². The highest BCUT2D eigenvalue weighted by atomic mass is 16.5. The van der Waals surface area contributed by atoms with Crippen LogP contribution < -0.4 is 0 Å². The van der Waals surface area contributed by atoms with Crippen LogP contribution in [0.5, 0.6) is 0 Å². The van der Waals surface area contributed by atoms with Gasteiger partial charge >= 0.3 is 11.9 Å². The van der Waals surface area contributed by atoms with Crippen molar-refractivity contribution >= 4 is 24.0 Å². The average molecular weight is 673 g/mol. The van der Waals surface area contributed by atoms with Gasteiger partial charge in [0.25, 0.3) is 0 Å². The second-order valence-electron chi connectivity index (χ2n) is 14.5. The number of nitrogens with zero attached hydrogens (tertiary/aromatic N) is 6. The molecular formula is C36H60N6O6. The minimum atomic E-state index is -0.440. The van der Waals surface area contributed by atoms with Crippen LogP contribution in [0.2, 0.25) is 0 Å². The summed E-state index contributed by atoms with van der Waals surface area (Å²) >= 11 is 0. The first kappa shape index (κ1) is 40.8. The maximum Gasteiger partial charge on any atom is 0.341 e. The van der Waals surface area contributed by atoms with Crippen LogP contribution in [0.25, 0.3) is 0 Å². The van der Waals surface area contributed by atoms with E-state index in [-0.39, 0.29) is 29.3 Å². The monoisotopic (exact) mass is 672 g/mol. The molecule has 2 aromatic rings. The van der Waals surface area contributed by atoms with E-state index in [2.05, 4.69) is 66.3 Å². The van der Waals surface area contributed by atoms with Gasteiger partial charge in [0, 0.05) is 43.0 Å². The number of hydrogen-bond donors (Lipinski definition) is 0. The Kier molecular flexibility index (Phi) is 15.6. The standard InChI is InChI=1S/C16H27N3O2.C14H23N3O.C6H10O3/c1-6-21-15(20)14-11-17-19(12(14)2)13-7-9-18(10-8-13)16(3,4)5;1-11-12(10-18)9-15-17(11)13-5-7-16(8-6-13)14(2,3)4;1-3-9-6(8)4-5(2)7/h11,13H,6-10H2,1-5H3;9-10,13H,5-8H2,1-4H3;3-4H2,1-2H3. The first-order valence-corrected chi connectivity index (χ1v) is 17.3. The number of aldehydes is 1. The van der Waals surface area contributed by atoms with E-state index in [4.69, 9.17) is 4.74 Å². The van der Waals surface area contributed by atoms with Gasteiger partial charge in [-0.05, 0) is 102 Å². The minimum Gasteiger partial charge on any atom is -0.466 e. The number of esters is 2. The fourth-order valence-corrected chi connectivity index (χ4v) is 6.10. The van der Waals surface area contributed by atoms with Gasteiger partial charge in [0.1, 0.15) is 17.8 Å². The molecule has 0 aliphatic carbocycles. The van der Waals surface area contributed by atoms with Gasteiger partial charge in [-0.25, -0.2) is 4.79 Å². The van der Waals surface area contributed by atoms with Gasteiger partial charge in [-0.15, -0.1) is 0 Å². The first-order chi connectivity index (χ1) is 22.4. The second kappa shape index (κ2) is 18.4. The second-order valence-corrected chi connectivity index (χ2v) is 14.5. The lowest BCUT2D eigenvalue weighted by molar-refractivity contribution is -0.145. The number of ether oxygens (including phenoxy) is 2. The van der Waals surface area contributed by atoms with Crippen molar-refractivity contribution in [3.05, 3.63) is 34.9 Å². The predicted molar refractivity (Wildman–Crippen MR) is 186 cm³/mol. The van der Waals surface area contributed by atoms with Crippen molar-refractivity contribution in [3.8, 4) is 0 Å². The Balaban J connectivity index is 0.000000270. The molecule has 0 unspecified atom stereocenters. The van der Waals surface area contributed by atoms with Crippen molar-refractivity contribution in [2.24, 2.45) is 0 Å². The number of ketones is 1. The molecule has 2 aliphatic rings. The molecule has 12 nitrogen and oxygen atoms in total. The number of aromatic nitrogens is 4. The summed E-state index contributed by atoms with van der Waals surface area (Å²) in [5, 5.41) is 8.79. The van der Waals surface area contributed by atoms with Crippen LogP contribution in [0.3, 0.4) is 0 Å². The summed E-state index contributed by atoms with van der Waals surface area (Å²) in [6.45, 7) is 27.4. The highest BCUT2D eigenvalue weighted by Crippen LogP contribution is 2.29. The molecule has 2 fully saturated rings. The maximum atomic E-state index is 11.9. The Hall–Kier alpha value is -3.38. The number of rotatable bonds is 8. The van der Waals surface area contributed by atoms with Crippen molar-refractivity contribution in [3.63, 3.8) is 0 Å². The predicted octanol–water partition coefficient (Wildman–Crippen LogP) is 5.77. The normalized spacial score (nSPS) is 16.6. The third-order valence-corrected chi connectivity index (χ3v) is 8.97. The van der Waals surface area contributed by atoms with Gasteiger partial charge in [0.15, 0.2) is 6.29 Å². The molecule has 0 atom stereocenters. The molecule has 0 aromatic carbocycles. The Bertz CT molecular complexity index is 1340. The van der Waals surface area contributed by atoms with Gasteiger partial charge in [0.05, 0.1) is 48.9 Å². The highest BCUT2D eigenvalue weighted by Gasteiger charge is 2.30. The molecule has 12 heteroatoms. The van der Waals surface area contributed by atoms with E-state index in [0.29, 0.717) is 36.4 Å². The maximum absolute atomic E-state index is 11.9. The average Bonchev–Trinajstić information content (AvgIpc) is 3.58. The molecule has 270 valence electrons. The SMILES string of the molecule is CCOC(=O)CC(C)=O.CCOC(=O)c1cnn(C2CCN(C(C)(C)C)CC2)c1C.Cc1c(C=O)cnn1C1CCN(C(C)(C)C)CC1. The zero-order valence-electron chi connectivity index (χ0n) is 31.3. The summed E-state index contributed by atoms with van der Waals surface area (Å²) in [6.07, 6.45) is 8.47. The van der Waals surface area contributed by atoms with Crippen LogP contribution in [0.4, 0.5) is 0 Å². The molecule has 0 bridgehead atoms. The first-order valence-electron chi connectivity index (χ1n) is 17.3. The molecular weight excluding hydrogens is 612 g/mol. The van der Waals surface area contributed by atoms with Crippen molar-refractivity contribution in [1.29, 1.82) is 0 Å². The van der Waals surface area contributed by atoms with Gasteiger partial charge in [-0.1, -0.05) is 0 Å². The van der Waals surface area contributed by atoms with Crippen molar-refractivity contribution in [2.45, 2.75) is 131 Å². The molecule has 2 aromatic heterocycles. The number of carbonyl (C=O) groups is 4. The Labute approximate surface area is 287 Å². The zero-order chi connectivity index (χ0) is 36.2. The number of hydrogen-bond acceptors (Lipinski definition) is 10. The van der Waals surface area contributed by atoms with Crippen LogP contribution in [0.1, 0.15) is 139 Å². The molecule has 0 radical (unpaired) electrons. The third-order valence-electron chi connectivity index (χ3n) is 8.97. The zero-order valence-corrected chi connectivity index (χ0v) is 31.3. The summed E-state index contributed by atoms with van der Waals surface area (Å²) < 4.78 is 13.6. The van der Waals surface area contributed by atoms with E-state index < -0.39 is 5.97 Å². The quantitative estimate of drug-likeness (QED) is 0.194. The molecule has 0 amide bonds. The smallest absolute Gasteiger partial charge is 0.341 e. The molecule has 0 N–H and O–H groups in total. The molecule has 0 saturated carbocycles. The van der Waals surface area contributed by atoms with Crippen LogP contribution in [0, 0.1) is 13.8 Å². The van der Waals surface area contributed by atoms with E-state index in [0.717, 1.165) is 69.5 Å². The van der Waals surface area contributed by atoms with E-state index in [1.165, 1.54) is 6.92 Å². The summed E-state index contributed by atoms with van der Waals surface area (Å²) in [5.41, 5.74) is 3.70. The Morgan fingerprint density at radius 1 is 0.771 bits per heavy atom. The molecule has 0 spiro atoms. The Morgan fingerprint density at radius 3 is 1.58 bits per heavy atom. The molecule has 48 heavy (non-hydrogen) atoms. The van der Waals surface area contributed by atoms with E-state index in [1.807, 2.05) is 30.1 Å². The fourth-order valence-electron chi connectivity index (χ4n) is 6.10. The summed E-state index contributed by atoms with van der Waals surface area (Å²) in [5.74, 6) is -0.869. The summed E-state index contributed by atoms with van der Waals surface area (Å²) in [6, 6.07) is 0.823. The number of Topliss-reactive ketones (excluding diaryl/α,β-unsaturated/α-hetero) is 1. The van der Waals surface area contributed by atoms with Crippen LogP contribution >= 0.6 is 0 Å². The van der Waals surface area contributed by atoms with E-state index in [9.17, 15) is 19.2 Å². The fraction of sp³-hybridized carbons (Fsp3) is 0.722. The third kappa shape index (κ3) is 11.9. The molecule has 2 aliphatic heterocycles. The van der Waals surface area contributed by atoms with Gasteiger partial charge in [-0.2, -0.15) is 10.2 Å². The minimum absolute atomic E-state index is 0.103. The topological polar surface area (TPSA) is 129 Å². The molecule has 4 rings (SSSR count). The van der Waals surface area contributed by atoms with Crippen molar-refractivity contribution in [2.75, 3.05) is 39.4 Å². The van der Waals surface area contributed by atoms with Gasteiger partial charge < -0.3 is 9.47 Å². The molecule has 4 heterocycles. The van der Waals surface area contributed by atoms with Crippen molar-refractivity contribution < 1.29 is 28.7 Å². The van der Waals surface area contributed by atoms with E-state index in [1.54, 1.807) is 19.3 Å².